The van der Waals surface area contributed by atoms with Crippen molar-refractivity contribution in [3.05, 3.63) is 18.0 Å². The molecule has 0 fully saturated rings. The lowest BCUT2D eigenvalue weighted by Crippen LogP contribution is -2.47. The highest BCUT2D eigenvalue weighted by Crippen LogP contribution is 2.03. The number of carboxylic acid groups (broad SMARTS) is 1. The highest BCUT2D eigenvalue weighted by Gasteiger charge is 2.25. The number of aryl methyl sites for hydroxylation is 1. The number of aliphatic carboxylic acids is 1. The number of methoxy groups -OCH3 is 1. The minimum absolute atomic E-state index is 0.268. The Bertz CT molecular complexity index is 527. The van der Waals surface area contributed by atoms with Gasteiger partial charge in [-0.25, -0.2) is 9.59 Å². The van der Waals surface area contributed by atoms with Gasteiger partial charge in [-0.15, -0.1) is 0 Å². The minimum atomic E-state index is -1.33. The first-order chi connectivity index (χ1) is 9.83. The summed E-state index contributed by atoms with van der Waals surface area (Å²) in [7, 11) is 4.41. The molecule has 0 aliphatic carbocycles. The Morgan fingerprint density at radius 2 is 2.19 bits per heavy atom. The van der Waals surface area contributed by atoms with Crippen LogP contribution in [0, 0.1) is 0 Å². The number of ether oxygens (including phenoxy) is 1. The summed E-state index contributed by atoms with van der Waals surface area (Å²) in [5.74, 6) is -2.01. The van der Waals surface area contributed by atoms with Crippen LogP contribution in [0.4, 0.5) is 4.79 Å². The third kappa shape index (κ3) is 5.13. The van der Waals surface area contributed by atoms with Gasteiger partial charge in [0.2, 0.25) is 0 Å². The van der Waals surface area contributed by atoms with Crippen LogP contribution in [0.2, 0.25) is 0 Å². The fourth-order valence-corrected chi connectivity index (χ4v) is 1.61. The first-order valence-electron chi connectivity index (χ1n) is 6.12. The van der Waals surface area contributed by atoms with Crippen molar-refractivity contribution in [2.75, 3.05) is 14.2 Å². The number of amides is 2. The van der Waals surface area contributed by atoms with E-state index >= 15 is 0 Å². The first kappa shape index (κ1) is 16.5. The van der Waals surface area contributed by atoms with E-state index in [1.54, 1.807) is 24.1 Å². The lowest BCUT2D eigenvalue weighted by molar-refractivity contribution is -0.147. The molecule has 0 saturated carbocycles. The Balaban J connectivity index is 2.59. The van der Waals surface area contributed by atoms with Crippen LogP contribution in [0.25, 0.3) is 0 Å². The fourth-order valence-electron chi connectivity index (χ4n) is 1.61. The molecule has 0 aliphatic rings. The molecule has 1 aromatic rings. The molecule has 1 heterocycles. The molecule has 0 aliphatic heterocycles. The van der Waals surface area contributed by atoms with Crippen molar-refractivity contribution in [2.24, 2.45) is 7.05 Å². The van der Waals surface area contributed by atoms with E-state index in [9.17, 15) is 14.4 Å². The van der Waals surface area contributed by atoms with E-state index in [2.05, 4.69) is 15.2 Å². The van der Waals surface area contributed by atoms with Gasteiger partial charge in [-0.2, -0.15) is 5.10 Å². The Labute approximate surface area is 121 Å². The molecule has 0 unspecified atom stereocenters. The SMILES string of the molecule is COC(=O)C[C@H](NC(=O)N(C)Cc1cnn(C)c1)C(=O)O. The molecule has 2 amide bonds. The topological polar surface area (TPSA) is 114 Å². The quantitative estimate of drug-likeness (QED) is 0.689. The van der Waals surface area contributed by atoms with E-state index in [0.717, 1.165) is 12.7 Å². The number of hydrogen-bond donors (Lipinski definition) is 2. The van der Waals surface area contributed by atoms with Gasteiger partial charge in [0.1, 0.15) is 6.04 Å². The number of esters is 1. The van der Waals surface area contributed by atoms with Crippen molar-refractivity contribution in [1.82, 2.24) is 20.0 Å². The highest BCUT2D eigenvalue weighted by atomic mass is 16.5. The normalized spacial score (nSPS) is 11.6. The number of carbonyl (C=O) groups is 3. The van der Waals surface area contributed by atoms with Crippen molar-refractivity contribution in [3.8, 4) is 0 Å². The lowest BCUT2D eigenvalue weighted by Gasteiger charge is -2.20. The number of nitrogens with zero attached hydrogens (tertiary/aromatic N) is 3. The summed E-state index contributed by atoms with van der Waals surface area (Å²) in [6.07, 6.45) is 2.91. The van der Waals surface area contributed by atoms with Crippen LogP contribution in [0.15, 0.2) is 12.4 Å². The van der Waals surface area contributed by atoms with Crippen LogP contribution in [0.1, 0.15) is 12.0 Å². The van der Waals surface area contributed by atoms with Crippen LogP contribution >= 0.6 is 0 Å². The van der Waals surface area contributed by atoms with Crippen LogP contribution < -0.4 is 5.32 Å². The lowest BCUT2D eigenvalue weighted by atomic mass is 10.2. The average molecular weight is 298 g/mol. The second-order valence-corrected chi connectivity index (χ2v) is 4.50. The number of carbonyl (C=O) groups excluding carboxylic acids is 2. The zero-order valence-electron chi connectivity index (χ0n) is 12.1. The maximum absolute atomic E-state index is 11.9. The van der Waals surface area contributed by atoms with Crippen LogP contribution in [-0.2, 0) is 27.9 Å². The average Bonchev–Trinajstić information content (AvgIpc) is 2.82. The molecule has 1 atom stereocenters. The smallest absolute Gasteiger partial charge is 0.326 e. The Hall–Kier alpha value is -2.58. The van der Waals surface area contributed by atoms with Gasteiger partial charge in [0.15, 0.2) is 0 Å². The maximum Gasteiger partial charge on any atom is 0.326 e. The molecule has 0 aromatic carbocycles. The van der Waals surface area contributed by atoms with E-state index in [1.165, 1.54) is 11.9 Å². The van der Waals surface area contributed by atoms with Gasteiger partial charge in [0, 0.05) is 25.9 Å². The Morgan fingerprint density at radius 1 is 1.52 bits per heavy atom. The van der Waals surface area contributed by atoms with Crippen molar-refractivity contribution in [3.63, 3.8) is 0 Å². The third-order valence-corrected chi connectivity index (χ3v) is 2.72. The largest absolute Gasteiger partial charge is 0.480 e. The molecule has 9 heteroatoms. The molecule has 0 spiro atoms. The summed E-state index contributed by atoms with van der Waals surface area (Å²) in [4.78, 5) is 35.3. The zero-order chi connectivity index (χ0) is 16.0. The number of hydrogen-bond acceptors (Lipinski definition) is 5. The zero-order valence-corrected chi connectivity index (χ0v) is 12.1. The van der Waals surface area contributed by atoms with E-state index in [4.69, 9.17) is 5.11 Å². The molecule has 0 radical (unpaired) electrons. The van der Waals surface area contributed by atoms with Gasteiger partial charge in [-0.1, -0.05) is 0 Å². The molecule has 9 nitrogen and oxygen atoms in total. The van der Waals surface area contributed by atoms with Gasteiger partial charge in [0.05, 0.1) is 26.3 Å². The van der Waals surface area contributed by atoms with E-state index < -0.39 is 30.4 Å². The monoisotopic (exact) mass is 298 g/mol. The number of aromatic nitrogens is 2. The van der Waals surface area contributed by atoms with Crippen LogP contribution in [0.3, 0.4) is 0 Å². The van der Waals surface area contributed by atoms with Crippen molar-refractivity contribution < 1.29 is 24.2 Å². The van der Waals surface area contributed by atoms with E-state index in [-0.39, 0.29) is 6.54 Å². The molecule has 21 heavy (non-hydrogen) atoms. The predicted octanol–water partition coefficient (Wildman–Crippen LogP) is -0.422. The number of carboxylic acids is 1. The molecule has 0 saturated heterocycles. The summed E-state index contributed by atoms with van der Waals surface area (Å²) >= 11 is 0. The second-order valence-electron chi connectivity index (χ2n) is 4.50. The summed E-state index contributed by atoms with van der Waals surface area (Å²) in [6, 6.07) is -1.93. The maximum atomic E-state index is 11.9. The van der Waals surface area contributed by atoms with E-state index in [1.807, 2.05) is 0 Å². The summed E-state index contributed by atoms with van der Waals surface area (Å²) in [6.45, 7) is 0.268. The predicted molar refractivity (Wildman–Crippen MR) is 71.3 cm³/mol. The summed E-state index contributed by atoms with van der Waals surface area (Å²) in [5.41, 5.74) is 0.801. The van der Waals surface area contributed by atoms with Crippen molar-refractivity contribution in [2.45, 2.75) is 19.0 Å². The molecule has 1 aromatic heterocycles. The molecular weight excluding hydrogens is 280 g/mol. The number of nitrogens with one attached hydrogen (secondary N) is 1. The van der Waals surface area contributed by atoms with Gasteiger partial charge in [-0.05, 0) is 0 Å². The second kappa shape index (κ2) is 7.27. The molecule has 1 rings (SSSR count). The minimum Gasteiger partial charge on any atom is -0.480 e. The van der Waals surface area contributed by atoms with Crippen LogP contribution in [-0.4, -0.2) is 58.0 Å². The Kier molecular flexibility index (Phi) is 5.70. The summed E-state index contributed by atoms with van der Waals surface area (Å²) in [5, 5.41) is 15.2. The standard InChI is InChI=1S/C12H18N4O5/c1-15(6-8-5-13-16(2)7-8)12(20)14-9(11(18)19)4-10(17)21-3/h5,7,9H,4,6H2,1-3H3,(H,14,20)(H,18,19)/t9-/m0/s1. The molecule has 0 bridgehead atoms. The highest BCUT2D eigenvalue weighted by molar-refractivity contribution is 5.86. The fraction of sp³-hybridized carbons (Fsp3) is 0.500. The first-order valence-corrected chi connectivity index (χ1v) is 6.12. The van der Waals surface area contributed by atoms with Crippen LogP contribution in [0.5, 0.6) is 0 Å². The number of urea groups is 1. The van der Waals surface area contributed by atoms with Gasteiger partial charge in [-0.3, -0.25) is 9.48 Å². The van der Waals surface area contributed by atoms with Gasteiger partial charge >= 0.3 is 18.0 Å². The van der Waals surface area contributed by atoms with Crippen molar-refractivity contribution in [1.29, 1.82) is 0 Å². The third-order valence-electron chi connectivity index (χ3n) is 2.72. The summed E-state index contributed by atoms with van der Waals surface area (Å²) < 4.78 is 5.99. The van der Waals surface area contributed by atoms with Crippen molar-refractivity contribution >= 4 is 18.0 Å². The Morgan fingerprint density at radius 3 is 2.67 bits per heavy atom. The van der Waals surface area contributed by atoms with Gasteiger partial charge < -0.3 is 20.1 Å². The van der Waals surface area contributed by atoms with E-state index in [0.29, 0.717) is 0 Å². The molecule has 116 valence electrons. The molecular formula is C12H18N4O5. The van der Waals surface area contributed by atoms with Gasteiger partial charge in [0.25, 0.3) is 0 Å². The molecule has 2 N–H and O–H groups in total. The number of rotatable bonds is 6.